The van der Waals surface area contributed by atoms with Gasteiger partial charge >= 0.3 is 0 Å². The summed E-state index contributed by atoms with van der Waals surface area (Å²) in [5.74, 6) is 1.45. The summed E-state index contributed by atoms with van der Waals surface area (Å²) in [6.45, 7) is 7.27. The maximum atomic E-state index is 12.3. The number of aryl methyl sites for hydroxylation is 2. The van der Waals surface area contributed by atoms with E-state index in [1.165, 1.54) is 0 Å². The fraction of sp³-hybridized carbons (Fsp3) is 0.409. The molecule has 0 fully saturated rings. The van der Waals surface area contributed by atoms with Crippen LogP contribution in [0.1, 0.15) is 44.2 Å². The van der Waals surface area contributed by atoms with Crippen molar-refractivity contribution in [2.75, 3.05) is 18.5 Å². The van der Waals surface area contributed by atoms with E-state index in [1.807, 2.05) is 44.2 Å². The van der Waals surface area contributed by atoms with E-state index < -0.39 is 0 Å². The van der Waals surface area contributed by atoms with Crippen LogP contribution in [0.25, 0.3) is 0 Å². The molecule has 0 atom stereocenters. The quantitative estimate of drug-likeness (QED) is 0.522. The molecule has 0 aromatic heterocycles. The smallest absolute Gasteiger partial charge is 0.224 e. The minimum Gasteiger partial charge on any atom is -0.490 e. The van der Waals surface area contributed by atoms with Crippen LogP contribution < -0.4 is 14.8 Å². The number of unbranched alkanes of at least 4 members (excludes halogenated alkanes) is 1. The van der Waals surface area contributed by atoms with E-state index in [2.05, 4.69) is 12.2 Å². The zero-order valence-electron chi connectivity index (χ0n) is 16.3. The Morgan fingerprint density at radius 1 is 1.07 bits per heavy atom. The van der Waals surface area contributed by atoms with Crippen molar-refractivity contribution in [3.63, 3.8) is 0 Å². The number of amides is 1. The highest BCUT2D eigenvalue weighted by Gasteiger charge is 2.10. The Hall–Kier alpha value is -2.20. The molecule has 2 rings (SSSR count). The number of hydrogen-bond donors (Lipinski definition) is 1. The number of rotatable bonds is 10. The predicted octanol–water partition coefficient (Wildman–Crippen LogP) is 5.80. The van der Waals surface area contributed by atoms with E-state index in [0.29, 0.717) is 31.1 Å². The van der Waals surface area contributed by atoms with Crippen LogP contribution in [0, 0.1) is 6.92 Å². The van der Waals surface area contributed by atoms with Gasteiger partial charge in [-0.2, -0.15) is 0 Å². The van der Waals surface area contributed by atoms with Gasteiger partial charge in [0.05, 0.1) is 13.2 Å². The lowest BCUT2D eigenvalue weighted by Gasteiger charge is -2.13. The summed E-state index contributed by atoms with van der Waals surface area (Å²) in [4.78, 5) is 12.3. The average molecular weight is 390 g/mol. The Kier molecular flexibility index (Phi) is 8.46. The van der Waals surface area contributed by atoms with E-state index in [1.54, 1.807) is 6.07 Å². The molecule has 146 valence electrons. The standard InChI is InChI=1S/C22H28ClNO3/c1-4-6-13-27-20-11-8-17(14-21(20)26-5-2)9-12-22(25)24-19-15-18(23)10-7-16(19)3/h7-8,10-11,14-15H,4-6,9,12-13H2,1-3H3,(H,24,25). The van der Waals surface area contributed by atoms with Crippen molar-refractivity contribution < 1.29 is 14.3 Å². The Bertz CT molecular complexity index is 761. The Balaban J connectivity index is 1.96. The molecule has 0 aliphatic rings. The van der Waals surface area contributed by atoms with Crippen molar-refractivity contribution in [3.8, 4) is 11.5 Å². The lowest BCUT2D eigenvalue weighted by molar-refractivity contribution is -0.116. The molecule has 2 aromatic carbocycles. The van der Waals surface area contributed by atoms with Crippen LogP contribution in [0.3, 0.4) is 0 Å². The number of ether oxygens (including phenoxy) is 2. The summed E-state index contributed by atoms with van der Waals surface area (Å²) in [7, 11) is 0. The highest BCUT2D eigenvalue weighted by atomic mass is 35.5. The third-order valence-electron chi connectivity index (χ3n) is 4.18. The van der Waals surface area contributed by atoms with E-state index in [-0.39, 0.29) is 5.91 Å². The zero-order chi connectivity index (χ0) is 19.6. The molecule has 0 spiro atoms. The first-order chi connectivity index (χ1) is 13.0. The monoisotopic (exact) mass is 389 g/mol. The van der Waals surface area contributed by atoms with E-state index in [0.717, 1.165) is 41.2 Å². The molecule has 0 unspecified atom stereocenters. The van der Waals surface area contributed by atoms with Crippen LogP contribution in [0.15, 0.2) is 36.4 Å². The first kappa shape index (κ1) is 21.1. The van der Waals surface area contributed by atoms with Crippen molar-refractivity contribution in [2.45, 2.75) is 46.5 Å². The van der Waals surface area contributed by atoms with Crippen LogP contribution in [0.5, 0.6) is 11.5 Å². The fourth-order valence-electron chi connectivity index (χ4n) is 2.62. The van der Waals surface area contributed by atoms with E-state index >= 15 is 0 Å². The second-order valence-corrected chi connectivity index (χ2v) is 6.86. The van der Waals surface area contributed by atoms with Gasteiger partial charge in [0, 0.05) is 17.1 Å². The van der Waals surface area contributed by atoms with Gasteiger partial charge in [0.15, 0.2) is 11.5 Å². The van der Waals surface area contributed by atoms with Crippen molar-refractivity contribution in [1.29, 1.82) is 0 Å². The molecule has 1 N–H and O–H groups in total. The Morgan fingerprint density at radius 3 is 2.63 bits per heavy atom. The van der Waals surface area contributed by atoms with Gasteiger partial charge in [0.1, 0.15) is 0 Å². The average Bonchev–Trinajstić information content (AvgIpc) is 2.65. The topological polar surface area (TPSA) is 47.6 Å². The lowest BCUT2D eigenvalue weighted by atomic mass is 10.1. The van der Waals surface area contributed by atoms with E-state index in [9.17, 15) is 4.79 Å². The summed E-state index contributed by atoms with van der Waals surface area (Å²) >= 11 is 6.00. The highest BCUT2D eigenvalue weighted by Crippen LogP contribution is 2.29. The second-order valence-electron chi connectivity index (χ2n) is 6.42. The van der Waals surface area contributed by atoms with Gasteiger partial charge in [-0.15, -0.1) is 0 Å². The Labute approximate surface area is 166 Å². The number of benzene rings is 2. The summed E-state index contributed by atoms with van der Waals surface area (Å²) in [6, 6.07) is 11.3. The van der Waals surface area contributed by atoms with E-state index in [4.69, 9.17) is 21.1 Å². The van der Waals surface area contributed by atoms with Crippen LogP contribution in [-0.4, -0.2) is 19.1 Å². The fourth-order valence-corrected chi connectivity index (χ4v) is 2.79. The maximum absolute atomic E-state index is 12.3. The van der Waals surface area contributed by atoms with Gasteiger partial charge < -0.3 is 14.8 Å². The molecule has 0 heterocycles. The van der Waals surface area contributed by atoms with Gasteiger partial charge in [-0.3, -0.25) is 4.79 Å². The first-order valence-electron chi connectivity index (χ1n) is 9.48. The number of hydrogen-bond acceptors (Lipinski definition) is 3. The van der Waals surface area contributed by atoms with Gasteiger partial charge in [-0.05, 0) is 62.1 Å². The molecule has 2 aromatic rings. The van der Waals surface area contributed by atoms with Gasteiger partial charge in [0.25, 0.3) is 0 Å². The number of nitrogens with one attached hydrogen (secondary N) is 1. The summed E-state index contributed by atoms with van der Waals surface area (Å²) in [6.07, 6.45) is 3.11. The van der Waals surface area contributed by atoms with Crippen LogP contribution in [0.2, 0.25) is 5.02 Å². The minimum absolute atomic E-state index is 0.0402. The number of anilines is 1. The predicted molar refractivity (Wildman–Crippen MR) is 111 cm³/mol. The van der Waals surface area contributed by atoms with Crippen molar-refractivity contribution >= 4 is 23.2 Å². The third-order valence-corrected chi connectivity index (χ3v) is 4.41. The number of carbonyl (C=O) groups is 1. The largest absolute Gasteiger partial charge is 0.490 e. The van der Waals surface area contributed by atoms with Gasteiger partial charge in [-0.25, -0.2) is 0 Å². The van der Waals surface area contributed by atoms with Gasteiger partial charge in [0.2, 0.25) is 5.91 Å². The number of halogens is 1. The summed E-state index contributed by atoms with van der Waals surface area (Å²) in [5, 5.41) is 3.53. The Morgan fingerprint density at radius 2 is 1.89 bits per heavy atom. The normalized spacial score (nSPS) is 10.5. The van der Waals surface area contributed by atoms with Gasteiger partial charge in [-0.1, -0.05) is 37.1 Å². The molecule has 0 radical (unpaired) electrons. The summed E-state index contributed by atoms with van der Waals surface area (Å²) < 4.78 is 11.5. The zero-order valence-corrected chi connectivity index (χ0v) is 17.1. The molecule has 0 aliphatic heterocycles. The molecule has 27 heavy (non-hydrogen) atoms. The molecular formula is C22H28ClNO3. The van der Waals surface area contributed by atoms with Crippen molar-refractivity contribution in [3.05, 3.63) is 52.5 Å². The molecule has 1 amide bonds. The first-order valence-corrected chi connectivity index (χ1v) is 9.85. The molecule has 5 heteroatoms. The molecule has 0 saturated carbocycles. The summed E-state index contributed by atoms with van der Waals surface area (Å²) in [5.41, 5.74) is 2.78. The second kappa shape index (κ2) is 10.8. The number of carbonyl (C=O) groups excluding carboxylic acids is 1. The van der Waals surface area contributed by atoms with Crippen molar-refractivity contribution in [2.24, 2.45) is 0 Å². The van der Waals surface area contributed by atoms with Crippen molar-refractivity contribution in [1.82, 2.24) is 0 Å². The lowest BCUT2D eigenvalue weighted by Crippen LogP contribution is -2.13. The van der Waals surface area contributed by atoms with Crippen LogP contribution in [0.4, 0.5) is 5.69 Å². The molecule has 0 saturated heterocycles. The SMILES string of the molecule is CCCCOc1ccc(CCC(=O)Nc2cc(Cl)ccc2C)cc1OCC. The maximum Gasteiger partial charge on any atom is 0.224 e. The van der Waals surface area contributed by atoms with Crippen LogP contribution >= 0.6 is 11.6 Å². The molecular weight excluding hydrogens is 362 g/mol. The van der Waals surface area contributed by atoms with Crippen LogP contribution in [-0.2, 0) is 11.2 Å². The highest BCUT2D eigenvalue weighted by molar-refractivity contribution is 6.31. The molecule has 0 bridgehead atoms. The molecule has 0 aliphatic carbocycles. The molecule has 4 nitrogen and oxygen atoms in total. The minimum atomic E-state index is -0.0402. The third kappa shape index (κ3) is 6.79.